The van der Waals surface area contributed by atoms with E-state index in [0.717, 1.165) is 100 Å². The zero-order valence-corrected chi connectivity index (χ0v) is 41.4. The zero-order chi connectivity index (χ0) is 47.1. The fourth-order valence-corrected chi connectivity index (χ4v) is 9.63. The molecule has 4 aromatic heterocycles. The summed E-state index contributed by atoms with van der Waals surface area (Å²) in [6, 6.07) is 78.0. The molecule has 0 radical (unpaired) electrons. The maximum absolute atomic E-state index is 6.89. The first-order valence-corrected chi connectivity index (χ1v) is 23.4. The van der Waals surface area contributed by atoms with Crippen molar-refractivity contribution in [2.24, 2.45) is 0 Å². The van der Waals surface area contributed by atoms with Gasteiger partial charge < -0.3 is 13.9 Å². The number of fused-ring (bicyclic) bond motifs is 3. The van der Waals surface area contributed by atoms with E-state index >= 15 is 0 Å². The average molecular weight is 1100 g/mol. The van der Waals surface area contributed by atoms with Crippen LogP contribution in [-0.2, 0) is 21.1 Å². The van der Waals surface area contributed by atoms with Crippen LogP contribution in [0.25, 0.3) is 95.2 Å². The monoisotopic (exact) mass is 1100 g/mol. The fourth-order valence-electron chi connectivity index (χ4n) is 9.63. The molecule has 71 heavy (non-hydrogen) atoms. The first-order chi connectivity index (χ1) is 34.4. The fraction of sp³-hybridized carbons (Fsp3) is 0.0476. The molecule has 0 aliphatic rings. The Kier molecular flexibility index (Phi) is 12.1. The van der Waals surface area contributed by atoms with Crippen LogP contribution < -0.4 is 9.30 Å². The third-order valence-electron chi connectivity index (χ3n) is 12.9. The number of para-hydroxylation sites is 2. The van der Waals surface area contributed by atoms with E-state index in [1.807, 2.05) is 54.7 Å². The third-order valence-corrected chi connectivity index (χ3v) is 12.9. The van der Waals surface area contributed by atoms with Crippen molar-refractivity contribution >= 4 is 21.8 Å². The van der Waals surface area contributed by atoms with E-state index in [2.05, 4.69) is 206 Å². The molecule has 8 aromatic carbocycles. The van der Waals surface area contributed by atoms with Crippen LogP contribution in [0.15, 0.2) is 212 Å². The van der Waals surface area contributed by atoms with Crippen molar-refractivity contribution < 1.29 is 30.4 Å². The Bertz CT molecular complexity index is 3810. The van der Waals surface area contributed by atoms with Gasteiger partial charge in [-0.1, -0.05) is 181 Å². The number of aryl methyl sites for hydroxylation is 3. The Hall–Kier alpha value is -8.51. The van der Waals surface area contributed by atoms with Crippen molar-refractivity contribution in [3.63, 3.8) is 0 Å². The van der Waals surface area contributed by atoms with E-state index in [1.54, 1.807) is 4.68 Å². The van der Waals surface area contributed by atoms with Gasteiger partial charge in [-0.3, -0.25) is 4.98 Å². The molecule has 12 rings (SSSR count). The zero-order valence-electron chi connectivity index (χ0n) is 39.1. The van der Waals surface area contributed by atoms with Crippen molar-refractivity contribution in [3.05, 3.63) is 248 Å². The Morgan fingerprint density at radius 1 is 0.507 bits per heavy atom. The van der Waals surface area contributed by atoms with Crippen LogP contribution in [0.5, 0.6) is 11.5 Å². The van der Waals surface area contributed by atoms with Gasteiger partial charge in [0.1, 0.15) is 5.82 Å². The minimum atomic E-state index is 0. The molecule has 0 saturated carbocycles. The average Bonchev–Trinajstić information content (AvgIpc) is 3.99. The number of benzene rings is 8. The third kappa shape index (κ3) is 8.45. The molecular weight excluding hydrogens is 1050 g/mol. The van der Waals surface area contributed by atoms with Crippen molar-refractivity contribution in [1.82, 2.24) is 24.3 Å². The van der Waals surface area contributed by atoms with Crippen molar-refractivity contribution in [2.45, 2.75) is 20.8 Å². The molecule has 0 saturated heterocycles. The summed E-state index contributed by atoms with van der Waals surface area (Å²) in [5.74, 6) is 2.87. The van der Waals surface area contributed by atoms with Crippen LogP contribution in [0.3, 0.4) is 0 Å². The quantitative estimate of drug-likeness (QED) is 0.101. The topological polar surface area (TPSA) is 61.6 Å². The number of rotatable bonds is 10. The number of ether oxygens (including phenoxy) is 1. The summed E-state index contributed by atoms with van der Waals surface area (Å²) in [4.78, 5) is 10.4. The second-order valence-corrected chi connectivity index (χ2v) is 17.5. The SMILES string of the molecule is Cc1cc(-n2c3[c-]c(Oc4[c-]c(-n5[c-][n+](-c6c(-c7ccccc7)cccc6-c6ccccc6)c(-c6ccccc6)n5)nc(-c5c(C)cccc5C)c4)ccc3c3ccccc32)ncc1-c1ccccc1.[Pt]. The number of pyridine rings is 2. The molecule has 0 atom stereocenters. The Labute approximate surface area is 427 Å². The van der Waals surface area contributed by atoms with Crippen LogP contribution in [0, 0.1) is 39.2 Å². The van der Waals surface area contributed by atoms with Crippen molar-refractivity contribution in [2.75, 3.05) is 0 Å². The Morgan fingerprint density at radius 3 is 1.72 bits per heavy atom. The van der Waals surface area contributed by atoms with E-state index in [9.17, 15) is 0 Å². The number of hydrogen-bond acceptors (Lipinski definition) is 4. The molecule has 8 heteroatoms. The molecule has 344 valence electrons. The molecular formula is C63H44N6OPt-2. The molecule has 0 aliphatic heterocycles. The predicted octanol–water partition coefficient (Wildman–Crippen LogP) is 14.5. The molecule has 0 bridgehead atoms. The first-order valence-electron chi connectivity index (χ1n) is 23.4. The minimum Gasteiger partial charge on any atom is -0.522 e. The Balaban J connectivity index is 0.00000547. The molecule has 0 aliphatic carbocycles. The van der Waals surface area contributed by atoms with Crippen LogP contribution in [0.4, 0.5) is 0 Å². The van der Waals surface area contributed by atoms with Crippen LogP contribution in [0.2, 0.25) is 0 Å². The van der Waals surface area contributed by atoms with Crippen LogP contribution >= 0.6 is 0 Å². The summed E-state index contributed by atoms with van der Waals surface area (Å²) < 4.78 is 12.8. The largest absolute Gasteiger partial charge is 0.522 e. The van der Waals surface area contributed by atoms with Gasteiger partial charge in [0, 0.05) is 55.3 Å². The van der Waals surface area contributed by atoms with E-state index in [4.69, 9.17) is 19.8 Å². The van der Waals surface area contributed by atoms with E-state index < -0.39 is 0 Å². The summed E-state index contributed by atoms with van der Waals surface area (Å²) in [5, 5.41) is 7.47. The smallest absolute Gasteiger partial charge is 0.231 e. The Morgan fingerprint density at radius 2 is 1.08 bits per heavy atom. The van der Waals surface area contributed by atoms with Crippen LogP contribution in [0.1, 0.15) is 16.7 Å². The minimum absolute atomic E-state index is 0. The van der Waals surface area contributed by atoms with Gasteiger partial charge in [-0.25, -0.2) is 4.98 Å². The van der Waals surface area contributed by atoms with Crippen LogP contribution in [-0.4, -0.2) is 24.3 Å². The maximum Gasteiger partial charge on any atom is 0.231 e. The van der Waals surface area contributed by atoms with E-state index in [0.29, 0.717) is 23.1 Å². The summed E-state index contributed by atoms with van der Waals surface area (Å²) in [5.41, 5.74) is 15.2. The van der Waals surface area contributed by atoms with Gasteiger partial charge in [-0.15, -0.1) is 23.6 Å². The maximum atomic E-state index is 6.89. The van der Waals surface area contributed by atoms with Crippen molar-refractivity contribution in [3.8, 4) is 84.8 Å². The van der Waals surface area contributed by atoms with Gasteiger partial charge in [0.2, 0.25) is 12.2 Å². The normalized spacial score (nSPS) is 11.2. The molecule has 0 N–H and O–H groups in total. The first kappa shape index (κ1) is 45.0. The molecule has 0 spiro atoms. The standard InChI is InChI=1S/C63H44N6O.Pt/c1-42-20-18-21-43(2)61(42)56-37-50(70-49-34-35-54-53-30-16-17-33-57(53)69(58(54)38-49)59-36-44(3)55(40-64-59)47-26-12-6-13-27-47)39-60(65-56)68-41-67(63(66-68)48-28-14-7-15-29-48)62-51(45-22-8-4-9-23-45)31-19-32-52(62)46-24-10-5-11-25-46;/h4-37,40H,1-3H3;/q-2;. The second kappa shape index (κ2) is 19.1. The van der Waals surface area contributed by atoms with E-state index in [-0.39, 0.29) is 21.1 Å². The molecule has 7 nitrogen and oxygen atoms in total. The number of hydrogen-bond donors (Lipinski definition) is 0. The van der Waals surface area contributed by atoms with E-state index in [1.165, 1.54) is 0 Å². The number of nitrogens with zero attached hydrogens (tertiary/aromatic N) is 6. The molecule has 0 unspecified atom stereocenters. The van der Waals surface area contributed by atoms with Crippen molar-refractivity contribution in [1.29, 1.82) is 0 Å². The van der Waals surface area contributed by atoms with Gasteiger partial charge in [-0.05, 0) is 105 Å². The summed E-state index contributed by atoms with van der Waals surface area (Å²) in [7, 11) is 0. The van der Waals surface area contributed by atoms with Gasteiger partial charge in [-0.2, -0.15) is 16.8 Å². The summed E-state index contributed by atoms with van der Waals surface area (Å²) in [6.45, 7) is 6.35. The second-order valence-electron chi connectivity index (χ2n) is 17.5. The van der Waals surface area contributed by atoms with Gasteiger partial charge >= 0.3 is 0 Å². The van der Waals surface area contributed by atoms with Gasteiger partial charge in [0.15, 0.2) is 0 Å². The molecule has 12 aromatic rings. The predicted molar refractivity (Wildman–Crippen MR) is 279 cm³/mol. The van der Waals surface area contributed by atoms with Gasteiger partial charge in [0.25, 0.3) is 0 Å². The summed E-state index contributed by atoms with van der Waals surface area (Å²) >= 11 is 0. The summed E-state index contributed by atoms with van der Waals surface area (Å²) in [6.07, 6.45) is 5.63. The number of aromatic nitrogens is 6. The molecule has 0 amide bonds. The molecule has 0 fully saturated rings. The molecule has 4 heterocycles. The van der Waals surface area contributed by atoms with Gasteiger partial charge in [0.05, 0.1) is 5.82 Å².